The molecule has 2 aromatic rings. The van der Waals surface area contributed by atoms with Gasteiger partial charge in [-0.05, 0) is 80.5 Å². The maximum atomic E-state index is 13.2. The van der Waals surface area contributed by atoms with E-state index >= 15 is 0 Å². The van der Waals surface area contributed by atoms with Gasteiger partial charge in [-0.15, -0.1) is 0 Å². The molecule has 3 atom stereocenters. The molecule has 1 fully saturated rings. The maximum absolute atomic E-state index is 13.2. The van der Waals surface area contributed by atoms with Crippen LogP contribution in [-0.2, 0) is 19.1 Å². The van der Waals surface area contributed by atoms with Gasteiger partial charge in [-0.2, -0.15) is 0 Å². The Morgan fingerprint density at radius 1 is 1.18 bits per heavy atom. The maximum Gasteiger partial charge on any atom is 0.407 e. The van der Waals surface area contributed by atoms with Gasteiger partial charge in [0, 0.05) is 23.0 Å². The van der Waals surface area contributed by atoms with Gasteiger partial charge in [0.1, 0.15) is 12.1 Å². The number of H-pyrrole nitrogens is 1. The number of unbranched alkanes of at least 4 members (excludes halogenated alkanes) is 1. The Morgan fingerprint density at radius 3 is 2.66 bits per heavy atom. The van der Waals surface area contributed by atoms with Crippen LogP contribution in [0.3, 0.4) is 0 Å². The lowest BCUT2D eigenvalue weighted by molar-refractivity contribution is -0.153. The number of benzene rings is 1. The predicted octanol–water partition coefficient (Wildman–Crippen LogP) is 4.75. The number of aromatic nitrogens is 1. The van der Waals surface area contributed by atoms with Gasteiger partial charge >= 0.3 is 12.1 Å². The van der Waals surface area contributed by atoms with Gasteiger partial charge in [-0.1, -0.05) is 35.8 Å². The van der Waals surface area contributed by atoms with Crippen LogP contribution < -0.4 is 10.9 Å². The molecule has 3 rings (SSSR count). The number of halogens is 1. The summed E-state index contributed by atoms with van der Waals surface area (Å²) in [7, 11) is 0. The molecular formula is C28H38BrN3O6. The monoisotopic (exact) mass is 591 g/mol. The van der Waals surface area contributed by atoms with Crippen molar-refractivity contribution in [2.75, 3.05) is 19.8 Å². The van der Waals surface area contributed by atoms with Gasteiger partial charge in [0.15, 0.2) is 0 Å². The Kier molecular flexibility index (Phi) is 10.8. The first-order valence-electron chi connectivity index (χ1n) is 13.3. The third-order valence-corrected chi connectivity index (χ3v) is 7.85. The SMILES string of the molecule is CCOC(=O)C1CCCN1C(=O)[C@@H](NC(=O)OCCCCC(Br)c1cc(C)c2cc[nH]c(=O)c2c1)C(C)C. The molecule has 2 amide bonds. The quantitative estimate of drug-likeness (QED) is 0.221. The third kappa shape index (κ3) is 7.36. The molecule has 2 unspecified atom stereocenters. The number of rotatable bonds is 11. The molecule has 0 saturated carbocycles. The van der Waals surface area contributed by atoms with Crippen LogP contribution >= 0.6 is 15.9 Å². The van der Waals surface area contributed by atoms with Crippen LogP contribution in [0.2, 0.25) is 0 Å². The van der Waals surface area contributed by atoms with Crippen molar-refractivity contribution in [3.8, 4) is 0 Å². The third-order valence-electron chi connectivity index (χ3n) is 6.87. The normalized spacial score (nSPS) is 16.9. The van der Waals surface area contributed by atoms with Crippen molar-refractivity contribution in [1.29, 1.82) is 0 Å². The number of hydrogen-bond acceptors (Lipinski definition) is 6. The van der Waals surface area contributed by atoms with Crippen molar-refractivity contribution in [3.63, 3.8) is 0 Å². The van der Waals surface area contributed by atoms with Crippen LogP contribution in [0.4, 0.5) is 4.79 Å². The standard InChI is InChI=1S/C28H38BrN3O6/c1-5-37-27(35)23-10-8-13-32(23)26(34)24(17(2)3)31-28(36)38-14-7-6-9-22(29)19-15-18(4)20-11-12-30-25(33)21(20)16-19/h11-12,15-17,22-24H,5-10,13-14H2,1-4H3,(H,30,33)(H,31,36)/t22?,23?,24-/m0/s1. The number of ether oxygens (including phenoxy) is 2. The Balaban J connectivity index is 1.47. The van der Waals surface area contributed by atoms with E-state index in [2.05, 4.69) is 32.3 Å². The molecule has 0 spiro atoms. The minimum atomic E-state index is -0.788. The van der Waals surface area contributed by atoms with Gasteiger partial charge in [-0.3, -0.25) is 9.59 Å². The second-order valence-corrected chi connectivity index (χ2v) is 11.1. The lowest BCUT2D eigenvalue weighted by Crippen LogP contribution is -2.54. The summed E-state index contributed by atoms with van der Waals surface area (Å²) in [6.45, 7) is 8.35. The molecule has 9 nitrogen and oxygen atoms in total. The zero-order valence-electron chi connectivity index (χ0n) is 22.6. The van der Waals surface area contributed by atoms with E-state index in [0.29, 0.717) is 31.2 Å². The molecule has 10 heteroatoms. The molecule has 1 aliphatic rings. The van der Waals surface area contributed by atoms with Crippen molar-refractivity contribution < 1.29 is 23.9 Å². The van der Waals surface area contributed by atoms with Gasteiger partial charge < -0.3 is 24.7 Å². The van der Waals surface area contributed by atoms with Crippen LogP contribution in [0.5, 0.6) is 0 Å². The summed E-state index contributed by atoms with van der Waals surface area (Å²) in [4.78, 5) is 54.4. The summed E-state index contributed by atoms with van der Waals surface area (Å²) < 4.78 is 10.5. The highest BCUT2D eigenvalue weighted by Crippen LogP contribution is 2.31. The number of carbonyl (C=O) groups is 3. The highest BCUT2D eigenvalue weighted by atomic mass is 79.9. The molecule has 1 aromatic carbocycles. The summed E-state index contributed by atoms with van der Waals surface area (Å²) in [5, 5.41) is 4.30. The topological polar surface area (TPSA) is 118 Å². The zero-order valence-corrected chi connectivity index (χ0v) is 24.1. The number of aryl methyl sites for hydroxylation is 1. The van der Waals surface area contributed by atoms with E-state index in [0.717, 1.165) is 29.4 Å². The molecule has 0 aliphatic carbocycles. The number of hydrogen-bond donors (Lipinski definition) is 2. The van der Waals surface area contributed by atoms with Gasteiger partial charge in [-0.25, -0.2) is 9.59 Å². The Labute approximate surface area is 231 Å². The van der Waals surface area contributed by atoms with Crippen molar-refractivity contribution >= 4 is 44.7 Å². The van der Waals surface area contributed by atoms with E-state index in [1.54, 1.807) is 13.1 Å². The molecule has 0 bridgehead atoms. The fourth-order valence-corrected chi connectivity index (χ4v) is 5.41. The Hall–Kier alpha value is -2.88. The van der Waals surface area contributed by atoms with Crippen LogP contribution in [0, 0.1) is 12.8 Å². The van der Waals surface area contributed by atoms with Crippen LogP contribution in [0.25, 0.3) is 10.8 Å². The predicted molar refractivity (Wildman–Crippen MR) is 149 cm³/mol. The van der Waals surface area contributed by atoms with Gasteiger partial charge in [0.05, 0.1) is 13.2 Å². The first kappa shape index (κ1) is 29.7. The van der Waals surface area contributed by atoms with Crippen LogP contribution in [0.15, 0.2) is 29.2 Å². The van der Waals surface area contributed by atoms with Crippen LogP contribution in [-0.4, -0.2) is 59.7 Å². The average Bonchev–Trinajstić information content (AvgIpc) is 3.37. The first-order valence-corrected chi connectivity index (χ1v) is 14.2. The largest absolute Gasteiger partial charge is 0.464 e. The lowest BCUT2D eigenvalue weighted by atomic mass is 9.99. The fraction of sp³-hybridized carbons (Fsp3) is 0.571. The molecular weight excluding hydrogens is 554 g/mol. The Morgan fingerprint density at radius 2 is 1.95 bits per heavy atom. The number of esters is 1. The zero-order chi connectivity index (χ0) is 27.8. The number of nitrogens with zero attached hydrogens (tertiary/aromatic N) is 1. The minimum Gasteiger partial charge on any atom is -0.464 e. The second kappa shape index (κ2) is 13.8. The number of amides is 2. The number of carbonyl (C=O) groups excluding carboxylic acids is 3. The molecule has 1 saturated heterocycles. The minimum absolute atomic E-state index is 0.0646. The average molecular weight is 593 g/mol. The summed E-state index contributed by atoms with van der Waals surface area (Å²) in [6.07, 6.45) is 4.54. The van der Waals surface area contributed by atoms with Crippen LogP contribution in [0.1, 0.15) is 68.8 Å². The number of nitrogens with one attached hydrogen (secondary N) is 2. The lowest BCUT2D eigenvalue weighted by Gasteiger charge is -2.29. The molecule has 1 aliphatic heterocycles. The Bertz CT molecular complexity index is 1200. The number of fused-ring (bicyclic) bond motifs is 1. The summed E-state index contributed by atoms with van der Waals surface area (Å²) >= 11 is 3.73. The van der Waals surface area contributed by atoms with Crippen molar-refractivity contribution in [2.45, 2.75) is 76.7 Å². The smallest absolute Gasteiger partial charge is 0.407 e. The van der Waals surface area contributed by atoms with E-state index in [4.69, 9.17) is 9.47 Å². The second-order valence-electron chi connectivity index (χ2n) is 10.0. The first-order chi connectivity index (χ1) is 18.1. The number of likely N-dealkylation sites (tertiary alicyclic amines) is 1. The van der Waals surface area contributed by atoms with Crippen molar-refractivity contribution in [1.82, 2.24) is 15.2 Å². The number of alkyl carbamates (subject to hydrolysis) is 1. The highest BCUT2D eigenvalue weighted by molar-refractivity contribution is 9.09. The van der Waals surface area contributed by atoms with E-state index < -0.39 is 24.1 Å². The fourth-order valence-electron chi connectivity index (χ4n) is 4.83. The van der Waals surface area contributed by atoms with E-state index in [9.17, 15) is 19.2 Å². The van der Waals surface area contributed by atoms with Crippen molar-refractivity contribution in [3.05, 3.63) is 45.9 Å². The summed E-state index contributed by atoms with van der Waals surface area (Å²) in [6, 6.07) is 4.51. The number of aromatic amines is 1. The van der Waals surface area contributed by atoms with E-state index in [1.165, 1.54) is 4.90 Å². The van der Waals surface area contributed by atoms with Gasteiger partial charge in [0.2, 0.25) is 5.91 Å². The molecule has 38 heavy (non-hydrogen) atoms. The molecule has 208 valence electrons. The highest BCUT2D eigenvalue weighted by Gasteiger charge is 2.39. The molecule has 0 radical (unpaired) electrons. The molecule has 2 N–H and O–H groups in total. The van der Waals surface area contributed by atoms with Crippen molar-refractivity contribution in [2.24, 2.45) is 5.92 Å². The summed E-state index contributed by atoms with van der Waals surface area (Å²) in [5.74, 6) is -0.872. The number of alkyl halides is 1. The molecule has 2 heterocycles. The van der Waals surface area contributed by atoms with Gasteiger partial charge in [0.25, 0.3) is 5.56 Å². The molecule has 1 aromatic heterocycles. The van der Waals surface area contributed by atoms with E-state index in [-0.39, 0.29) is 35.4 Å². The van der Waals surface area contributed by atoms with E-state index in [1.807, 2.05) is 32.9 Å². The number of pyridine rings is 1. The summed E-state index contributed by atoms with van der Waals surface area (Å²) in [5.41, 5.74) is 1.97.